The second kappa shape index (κ2) is 3.90. The molecule has 0 unspecified atom stereocenters. The number of alkyl halides is 1. The number of nitrogens with zero attached hydrogens (tertiary/aromatic N) is 2. The van der Waals surface area contributed by atoms with Crippen molar-refractivity contribution in [2.24, 2.45) is 5.92 Å². The van der Waals surface area contributed by atoms with Gasteiger partial charge in [-0.25, -0.2) is 14.2 Å². The number of halogens is 2. The van der Waals surface area contributed by atoms with Crippen LogP contribution in [0.5, 0.6) is 0 Å². The van der Waals surface area contributed by atoms with Crippen LogP contribution in [0.15, 0.2) is 18.3 Å². The van der Waals surface area contributed by atoms with Crippen LogP contribution in [0.25, 0.3) is 0 Å². The summed E-state index contributed by atoms with van der Waals surface area (Å²) in [6.45, 7) is 0.302. The third kappa shape index (κ3) is 2.02. The molecule has 96 valence electrons. The van der Waals surface area contributed by atoms with Crippen LogP contribution in [-0.2, 0) is 0 Å². The van der Waals surface area contributed by atoms with Gasteiger partial charge in [0.15, 0.2) is 0 Å². The number of hydrogen-bond donors (Lipinski definition) is 1. The second-order valence-corrected chi connectivity index (χ2v) is 4.96. The largest absolute Gasteiger partial charge is 0.322 e. The molecule has 1 N–H and O–H groups in total. The van der Waals surface area contributed by atoms with E-state index in [1.54, 1.807) is 0 Å². The predicted molar refractivity (Wildman–Crippen MR) is 61.3 cm³/mol. The SMILES string of the molecule is O=C(Nc1ccc(F)nc1)N1CC(F)(C2CC2)C1. The molecule has 2 fully saturated rings. The normalized spacial score (nSPS) is 21.3. The standard InChI is InChI=1S/C12H13F2N3O/c13-10-4-3-9(5-15-10)16-11(18)17-6-12(14,7-17)8-1-2-8/h3-5,8H,1-2,6-7H2,(H,16,18). The van der Waals surface area contributed by atoms with Gasteiger partial charge in [-0.2, -0.15) is 4.39 Å². The van der Waals surface area contributed by atoms with Gasteiger partial charge in [0.05, 0.1) is 25.0 Å². The van der Waals surface area contributed by atoms with Gasteiger partial charge in [-0.1, -0.05) is 0 Å². The number of carbonyl (C=O) groups is 1. The molecular formula is C12H13F2N3O. The summed E-state index contributed by atoms with van der Waals surface area (Å²) in [5, 5.41) is 2.56. The lowest BCUT2D eigenvalue weighted by Gasteiger charge is -2.44. The average molecular weight is 253 g/mol. The summed E-state index contributed by atoms with van der Waals surface area (Å²) in [4.78, 5) is 16.6. The van der Waals surface area contributed by atoms with Crippen molar-refractivity contribution in [2.45, 2.75) is 18.5 Å². The zero-order valence-corrected chi connectivity index (χ0v) is 9.70. The highest BCUT2D eigenvalue weighted by Gasteiger charge is 2.55. The van der Waals surface area contributed by atoms with Crippen LogP contribution >= 0.6 is 0 Å². The Balaban J connectivity index is 1.55. The molecule has 1 saturated heterocycles. The number of urea groups is 1. The van der Waals surface area contributed by atoms with Gasteiger partial charge in [0.2, 0.25) is 5.95 Å². The van der Waals surface area contributed by atoms with E-state index in [9.17, 15) is 13.6 Å². The minimum absolute atomic E-state index is 0.133. The maximum absolute atomic E-state index is 14.0. The number of carbonyl (C=O) groups excluding carboxylic acids is 1. The van der Waals surface area contributed by atoms with E-state index < -0.39 is 11.6 Å². The van der Waals surface area contributed by atoms with E-state index in [1.165, 1.54) is 17.2 Å². The van der Waals surface area contributed by atoms with Crippen molar-refractivity contribution in [3.8, 4) is 0 Å². The lowest BCUT2D eigenvalue weighted by Crippen LogP contribution is -2.63. The summed E-state index contributed by atoms with van der Waals surface area (Å²) in [5.41, 5.74) is -0.776. The van der Waals surface area contributed by atoms with E-state index in [0.717, 1.165) is 18.9 Å². The maximum Gasteiger partial charge on any atom is 0.322 e. The third-order valence-electron chi connectivity index (χ3n) is 3.48. The Morgan fingerprint density at radius 2 is 2.17 bits per heavy atom. The van der Waals surface area contributed by atoms with Crippen molar-refractivity contribution in [1.82, 2.24) is 9.88 Å². The Morgan fingerprint density at radius 3 is 2.72 bits per heavy atom. The Hall–Kier alpha value is -1.72. The first-order valence-corrected chi connectivity index (χ1v) is 5.93. The fraction of sp³-hybridized carbons (Fsp3) is 0.500. The fourth-order valence-corrected chi connectivity index (χ4v) is 2.24. The summed E-state index contributed by atoms with van der Waals surface area (Å²) < 4.78 is 26.6. The molecular weight excluding hydrogens is 240 g/mol. The Kier molecular flexibility index (Phi) is 2.46. The van der Waals surface area contributed by atoms with E-state index in [1.807, 2.05) is 0 Å². The van der Waals surface area contributed by atoms with Gasteiger partial charge >= 0.3 is 6.03 Å². The lowest BCUT2D eigenvalue weighted by molar-refractivity contribution is -0.0191. The molecule has 1 aromatic rings. The van der Waals surface area contributed by atoms with Gasteiger partial charge in [-0.05, 0) is 30.9 Å². The number of likely N-dealkylation sites (tertiary alicyclic amines) is 1. The van der Waals surface area contributed by atoms with E-state index in [-0.39, 0.29) is 25.0 Å². The smallest absolute Gasteiger partial charge is 0.318 e. The number of hydrogen-bond acceptors (Lipinski definition) is 2. The number of aromatic nitrogens is 1. The van der Waals surface area contributed by atoms with Gasteiger partial charge < -0.3 is 10.2 Å². The monoisotopic (exact) mass is 253 g/mol. The zero-order valence-electron chi connectivity index (χ0n) is 9.70. The molecule has 1 aromatic heterocycles. The van der Waals surface area contributed by atoms with Crippen LogP contribution in [0, 0.1) is 11.9 Å². The third-order valence-corrected chi connectivity index (χ3v) is 3.48. The number of amides is 2. The van der Waals surface area contributed by atoms with Crippen LogP contribution in [0.4, 0.5) is 19.3 Å². The molecule has 0 aromatic carbocycles. The molecule has 18 heavy (non-hydrogen) atoms. The predicted octanol–water partition coefficient (Wildman–Crippen LogP) is 2.19. The van der Waals surface area contributed by atoms with Crippen LogP contribution < -0.4 is 5.32 Å². The van der Waals surface area contributed by atoms with Crippen LogP contribution in [0.3, 0.4) is 0 Å². The first-order valence-electron chi connectivity index (χ1n) is 5.93. The molecule has 0 radical (unpaired) electrons. The Labute approximate surface area is 103 Å². The van der Waals surface area contributed by atoms with Gasteiger partial charge in [0.1, 0.15) is 5.67 Å². The highest BCUT2D eigenvalue weighted by atomic mass is 19.1. The first kappa shape index (κ1) is 11.4. The van der Waals surface area contributed by atoms with Gasteiger partial charge in [0.25, 0.3) is 0 Å². The van der Waals surface area contributed by atoms with Gasteiger partial charge in [-0.15, -0.1) is 0 Å². The van der Waals surface area contributed by atoms with Crippen molar-refractivity contribution >= 4 is 11.7 Å². The van der Waals surface area contributed by atoms with Crippen molar-refractivity contribution in [1.29, 1.82) is 0 Å². The summed E-state index contributed by atoms with van der Waals surface area (Å²) in [5.74, 6) is -0.470. The molecule has 0 bridgehead atoms. The molecule has 4 nitrogen and oxygen atoms in total. The summed E-state index contributed by atoms with van der Waals surface area (Å²) in [6, 6.07) is 2.22. The quantitative estimate of drug-likeness (QED) is 0.821. The van der Waals surface area contributed by atoms with Gasteiger partial charge in [0, 0.05) is 0 Å². The van der Waals surface area contributed by atoms with E-state index in [4.69, 9.17) is 0 Å². The topological polar surface area (TPSA) is 45.2 Å². The van der Waals surface area contributed by atoms with Crippen molar-refractivity contribution in [3.63, 3.8) is 0 Å². The molecule has 2 amide bonds. The second-order valence-electron chi connectivity index (χ2n) is 4.96. The molecule has 1 aliphatic heterocycles. The average Bonchev–Trinajstić information content (AvgIpc) is 3.12. The Morgan fingerprint density at radius 1 is 1.44 bits per heavy atom. The Bertz CT molecular complexity index is 467. The summed E-state index contributed by atoms with van der Waals surface area (Å²) in [6.07, 6.45) is 3.08. The summed E-state index contributed by atoms with van der Waals surface area (Å²) in [7, 11) is 0. The minimum atomic E-state index is -1.18. The summed E-state index contributed by atoms with van der Waals surface area (Å²) >= 11 is 0. The molecule has 2 heterocycles. The number of anilines is 1. The number of nitrogens with one attached hydrogen (secondary N) is 1. The fourth-order valence-electron chi connectivity index (χ4n) is 2.24. The van der Waals surface area contributed by atoms with Crippen LogP contribution in [0.1, 0.15) is 12.8 Å². The molecule has 6 heteroatoms. The molecule has 2 aliphatic rings. The highest BCUT2D eigenvalue weighted by molar-refractivity contribution is 5.89. The molecule has 0 atom stereocenters. The molecule has 3 rings (SSSR count). The first-order chi connectivity index (χ1) is 8.57. The van der Waals surface area contributed by atoms with E-state index in [0.29, 0.717) is 5.69 Å². The van der Waals surface area contributed by atoms with Crippen molar-refractivity contribution < 1.29 is 13.6 Å². The maximum atomic E-state index is 14.0. The molecule has 1 aliphatic carbocycles. The highest BCUT2D eigenvalue weighted by Crippen LogP contribution is 2.47. The van der Waals surface area contributed by atoms with Crippen molar-refractivity contribution in [2.75, 3.05) is 18.4 Å². The van der Waals surface area contributed by atoms with E-state index in [2.05, 4.69) is 10.3 Å². The number of pyridine rings is 1. The van der Waals surface area contributed by atoms with Gasteiger partial charge in [-0.3, -0.25) is 0 Å². The lowest BCUT2D eigenvalue weighted by atomic mass is 9.91. The molecule has 1 saturated carbocycles. The van der Waals surface area contributed by atoms with Crippen LogP contribution in [-0.4, -0.2) is 34.7 Å². The van der Waals surface area contributed by atoms with Crippen molar-refractivity contribution in [3.05, 3.63) is 24.3 Å². The zero-order chi connectivity index (χ0) is 12.8. The number of rotatable bonds is 2. The van der Waals surface area contributed by atoms with Crippen LogP contribution in [0.2, 0.25) is 0 Å². The van der Waals surface area contributed by atoms with E-state index >= 15 is 0 Å². The molecule has 0 spiro atoms. The minimum Gasteiger partial charge on any atom is -0.318 e.